The Morgan fingerprint density at radius 1 is 1.41 bits per heavy atom. The molecule has 22 heavy (non-hydrogen) atoms. The molecular weight excluding hydrogens is 278 g/mol. The van der Waals surface area contributed by atoms with E-state index in [0.717, 1.165) is 23.1 Å². The Morgan fingerprint density at radius 3 is 3.00 bits per heavy atom. The van der Waals surface area contributed by atoms with Gasteiger partial charge >= 0.3 is 0 Å². The van der Waals surface area contributed by atoms with Crippen molar-refractivity contribution < 1.29 is 9.59 Å². The monoisotopic (exact) mass is 299 g/mol. The number of carbonyl (C=O) groups excluding carboxylic acids is 2. The van der Waals surface area contributed by atoms with E-state index in [1.807, 2.05) is 30.5 Å². The van der Waals surface area contributed by atoms with Gasteiger partial charge in [-0.25, -0.2) is 0 Å². The first-order valence-corrected chi connectivity index (χ1v) is 7.69. The van der Waals surface area contributed by atoms with E-state index in [-0.39, 0.29) is 17.7 Å². The molecule has 0 bridgehead atoms. The number of anilines is 1. The first kappa shape index (κ1) is 14.6. The van der Waals surface area contributed by atoms with Crippen LogP contribution in [-0.4, -0.2) is 34.8 Å². The van der Waals surface area contributed by atoms with Gasteiger partial charge in [0, 0.05) is 36.6 Å². The lowest BCUT2D eigenvalue weighted by atomic mass is 10.1. The maximum atomic E-state index is 12.5. The third kappa shape index (κ3) is 2.84. The number of nitrogens with one attached hydrogen (secondary N) is 2. The number of hydrogen-bond acceptors (Lipinski definition) is 2. The van der Waals surface area contributed by atoms with Crippen molar-refractivity contribution in [3.05, 3.63) is 30.5 Å². The van der Waals surface area contributed by atoms with Crippen molar-refractivity contribution in [3.63, 3.8) is 0 Å². The number of aromatic amines is 1. The minimum absolute atomic E-state index is 0.0756. The quantitative estimate of drug-likeness (QED) is 0.911. The zero-order chi connectivity index (χ0) is 15.7. The summed E-state index contributed by atoms with van der Waals surface area (Å²) in [7, 11) is 0. The molecule has 0 saturated carbocycles. The van der Waals surface area contributed by atoms with Crippen molar-refractivity contribution in [1.82, 2.24) is 9.88 Å². The highest BCUT2D eigenvalue weighted by Gasteiger charge is 2.34. The third-order valence-corrected chi connectivity index (χ3v) is 4.02. The molecule has 1 aromatic heterocycles. The van der Waals surface area contributed by atoms with Crippen molar-refractivity contribution in [1.29, 1.82) is 0 Å². The predicted octanol–water partition coefficient (Wildman–Crippen LogP) is 2.61. The average Bonchev–Trinajstić information content (AvgIpc) is 3.06. The Balaban J connectivity index is 1.70. The molecule has 1 aliphatic heterocycles. The molecule has 0 radical (unpaired) electrons. The normalized spacial score (nSPS) is 18.4. The summed E-state index contributed by atoms with van der Waals surface area (Å²) in [5.41, 5.74) is 1.78. The molecule has 1 atom stereocenters. The van der Waals surface area contributed by atoms with Crippen LogP contribution in [0.2, 0.25) is 0 Å². The number of hydrogen-bond donors (Lipinski definition) is 2. The van der Waals surface area contributed by atoms with E-state index in [9.17, 15) is 9.59 Å². The molecule has 0 spiro atoms. The number of benzene rings is 1. The molecule has 116 valence electrons. The van der Waals surface area contributed by atoms with E-state index in [4.69, 9.17) is 0 Å². The predicted molar refractivity (Wildman–Crippen MR) is 86.5 cm³/mol. The van der Waals surface area contributed by atoms with Gasteiger partial charge in [0.25, 0.3) is 0 Å². The minimum atomic E-state index is -0.263. The molecule has 5 nitrogen and oxygen atoms in total. The number of amides is 2. The molecule has 0 unspecified atom stereocenters. The number of fused-ring (bicyclic) bond motifs is 1. The maximum Gasteiger partial charge on any atom is 0.229 e. The molecule has 1 aromatic carbocycles. The number of aromatic nitrogens is 1. The second-order valence-electron chi connectivity index (χ2n) is 6.33. The molecule has 1 aliphatic rings. The maximum absolute atomic E-state index is 12.5. The minimum Gasteiger partial charge on any atom is -0.361 e. The van der Waals surface area contributed by atoms with Crippen LogP contribution >= 0.6 is 0 Å². The Labute approximate surface area is 129 Å². The second kappa shape index (κ2) is 5.83. The van der Waals surface area contributed by atoms with Gasteiger partial charge in [0.2, 0.25) is 11.8 Å². The molecular formula is C17H21N3O2. The summed E-state index contributed by atoms with van der Waals surface area (Å²) in [5.74, 6) is 0.154. The Morgan fingerprint density at radius 2 is 2.23 bits per heavy atom. The molecule has 1 fully saturated rings. The van der Waals surface area contributed by atoms with Gasteiger partial charge in [-0.3, -0.25) is 9.59 Å². The first-order chi connectivity index (χ1) is 10.5. The van der Waals surface area contributed by atoms with Crippen LogP contribution in [0.5, 0.6) is 0 Å². The summed E-state index contributed by atoms with van der Waals surface area (Å²) < 4.78 is 0. The molecule has 0 aliphatic carbocycles. The Hall–Kier alpha value is -2.30. The fraction of sp³-hybridized carbons (Fsp3) is 0.412. The van der Waals surface area contributed by atoms with Gasteiger partial charge < -0.3 is 15.2 Å². The number of rotatable bonds is 4. The van der Waals surface area contributed by atoms with E-state index in [0.29, 0.717) is 18.9 Å². The van der Waals surface area contributed by atoms with Gasteiger partial charge in [-0.2, -0.15) is 0 Å². The molecule has 2 heterocycles. The molecule has 5 heteroatoms. The van der Waals surface area contributed by atoms with Gasteiger partial charge in [0.1, 0.15) is 0 Å². The summed E-state index contributed by atoms with van der Waals surface area (Å²) >= 11 is 0. The van der Waals surface area contributed by atoms with Gasteiger partial charge in [-0.15, -0.1) is 0 Å². The highest BCUT2D eigenvalue weighted by molar-refractivity contribution is 6.03. The van der Waals surface area contributed by atoms with Crippen LogP contribution in [0, 0.1) is 11.8 Å². The molecule has 2 aromatic rings. The summed E-state index contributed by atoms with van der Waals surface area (Å²) in [6.45, 7) is 5.39. The summed E-state index contributed by atoms with van der Waals surface area (Å²) in [5, 5.41) is 3.95. The zero-order valence-corrected chi connectivity index (χ0v) is 12.9. The number of H-pyrrole nitrogens is 1. The van der Waals surface area contributed by atoms with Gasteiger partial charge in [-0.05, 0) is 24.1 Å². The lowest BCUT2D eigenvalue weighted by molar-refractivity contribution is -0.128. The third-order valence-electron chi connectivity index (χ3n) is 4.02. The summed E-state index contributed by atoms with van der Waals surface area (Å²) in [6, 6.07) is 7.69. The topological polar surface area (TPSA) is 65.2 Å². The molecule has 2 N–H and O–H groups in total. The fourth-order valence-electron chi connectivity index (χ4n) is 2.99. The Bertz CT molecular complexity index is 705. The first-order valence-electron chi connectivity index (χ1n) is 7.69. The molecule has 3 rings (SSSR count). The standard InChI is InChI=1S/C17H21N3O2/c1-11(2)9-20-10-12(8-16(20)21)17(22)19-15-5-3-4-14-13(15)6-7-18-14/h3-7,11-12,18H,8-10H2,1-2H3,(H,19,22)/t12-/m1/s1. The van der Waals surface area contributed by atoms with Crippen molar-refractivity contribution in [3.8, 4) is 0 Å². The van der Waals surface area contributed by atoms with Crippen LogP contribution in [-0.2, 0) is 9.59 Å². The zero-order valence-electron chi connectivity index (χ0n) is 12.9. The van der Waals surface area contributed by atoms with Crippen molar-refractivity contribution in [2.45, 2.75) is 20.3 Å². The second-order valence-corrected chi connectivity index (χ2v) is 6.33. The summed E-state index contributed by atoms with van der Waals surface area (Å²) in [6.07, 6.45) is 2.16. The van der Waals surface area contributed by atoms with E-state index in [2.05, 4.69) is 24.1 Å². The number of likely N-dealkylation sites (tertiary alicyclic amines) is 1. The van der Waals surface area contributed by atoms with Gasteiger partial charge in [-0.1, -0.05) is 19.9 Å². The fourth-order valence-corrected chi connectivity index (χ4v) is 2.99. The van der Waals surface area contributed by atoms with Crippen LogP contribution in [0.4, 0.5) is 5.69 Å². The lowest BCUT2D eigenvalue weighted by Crippen LogP contribution is -2.31. The van der Waals surface area contributed by atoms with Crippen LogP contribution < -0.4 is 5.32 Å². The molecule has 2 amide bonds. The highest BCUT2D eigenvalue weighted by Crippen LogP contribution is 2.25. The van der Waals surface area contributed by atoms with Crippen molar-refractivity contribution in [2.24, 2.45) is 11.8 Å². The van der Waals surface area contributed by atoms with Crippen LogP contribution in [0.3, 0.4) is 0 Å². The lowest BCUT2D eigenvalue weighted by Gasteiger charge is -2.18. The SMILES string of the molecule is CC(C)CN1C[C@H](C(=O)Nc2cccc3[nH]ccc23)CC1=O. The largest absolute Gasteiger partial charge is 0.361 e. The van der Waals surface area contributed by atoms with Crippen LogP contribution in [0.1, 0.15) is 20.3 Å². The van der Waals surface area contributed by atoms with E-state index < -0.39 is 0 Å². The van der Waals surface area contributed by atoms with Crippen LogP contribution in [0.25, 0.3) is 10.9 Å². The Kier molecular flexibility index (Phi) is 3.88. The number of carbonyl (C=O) groups is 2. The van der Waals surface area contributed by atoms with Crippen molar-refractivity contribution >= 4 is 28.4 Å². The van der Waals surface area contributed by atoms with Gasteiger partial charge in [0.15, 0.2) is 0 Å². The highest BCUT2D eigenvalue weighted by atomic mass is 16.2. The average molecular weight is 299 g/mol. The molecule has 1 saturated heterocycles. The van der Waals surface area contributed by atoms with Crippen molar-refractivity contribution in [2.75, 3.05) is 18.4 Å². The van der Waals surface area contributed by atoms with Crippen LogP contribution in [0.15, 0.2) is 30.5 Å². The van der Waals surface area contributed by atoms with E-state index in [1.54, 1.807) is 4.90 Å². The summed E-state index contributed by atoms with van der Waals surface area (Å²) in [4.78, 5) is 29.4. The van der Waals surface area contributed by atoms with E-state index >= 15 is 0 Å². The smallest absolute Gasteiger partial charge is 0.229 e. The van der Waals surface area contributed by atoms with Gasteiger partial charge in [0.05, 0.1) is 11.6 Å². The number of nitrogens with zero attached hydrogens (tertiary/aromatic N) is 1. The van der Waals surface area contributed by atoms with E-state index in [1.165, 1.54) is 0 Å².